The van der Waals surface area contributed by atoms with Gasteiger partial charge in [0.15, 0.2) is 0 Å². The summed E-state index contributed by atoms with van der Waals surface area (Å²) in [5, 5.41) is 9.72. The first-order chi connectivity index (χ1) is 16.7. The second kappa shape index (κ2) is 10.5. The van der Waals surface area contributed by atoms with Gasteiger partial charge in [0, 0.05) is 31.0 Å². The Balaban J connectivity index is 1.44. The quantitative estimate of drug-likeness (QED) is 0.428. The van der Waals surface area contributed by atoms with E-state index in [1.165, 1.54) is 12.1 Å². The molecule has 1 atom stereocenters. The molecule has 1 aliphatic heterocycles. The van der Waals surface area contributed by atoms with Crippen molar-refractivity contribution in [3.05, 3.63) is 99.8 Å². The number of amides is 1. The fraction of sp³-hybridized carbons (Fsp3) is 0.286. The molecule has 0 saturated carbocycles. The number of benzene rings is 3. The van der Waals surface area contributed by atoms with Gasteiger partial charge in [-0.1, -0.05) is 48.0 Å². The van der Waals surface area contributed by atoms with Crippen molar-refractivity contribution in [2.75, 3.05) is 6.54 Å². The van der Waals surface area contributed by atoms with Crippen LogP contribution in [0.15, 0.2) is 66.7 Å². The normalized spacial score (nSPS) is 16.4. The zero-order valence-electron chi connectivity index (χ0n) is 19.5. The molecule has 0 aliphatic carbocycles. The summed E-state index contributed by atoms with van der Waals surface area (Å²) in [7, 11) is 0. The standard InChI is InChI=1S/C28H27ClFNO4/c1-28(16-19-4-9-24(30)10-5-19)17-22-14-21(6-11-25(22)35-28)15-26(32)31(13-12-27(33)34)18-20-2-7-23(29)8-3-20/h2-11,14H,12-13,15-18H2,1H3,(H,33,34)/t28-/m1/s1. The summed E-state index contributed by atoms with van der Waals surface area (Å²) in [6.45, 7) is 2.47. The number of nitrogens with zero attached hydrogens (tertiary/aromatic N) is 1. The average molecular weight is 496 g/mol. The largest absolute Gasteiger partial charge is 0.487 e. The third-order valence-corrected chi connectivity index (χ3v) is 6.38. The smallest absolute Gasteiger partial charge is 0.305 e. The first-order valence-corrected chi connectivity index (χ1v) is 11.9. The number of carbonyl (C=O) groups excluding carboxylic acids is 1. The van der Waals surface area contributed by atoms with Crippen LogP contribution in [-0.2, 0) is 35.4 Å². The Morgan fingerprint density at radius 1 is 1.03 bits per heavy atom. The van der Waals surface area contributed by atoms with Crippen LogP contribution in [-0.4, -0.2) is 34.0 Å². The van der Waals surface area contributed by atoms with E-state index in [1.807, 2.05) is 37.3 Å². The zero-order valence-corrected chi connectivity index (χ0v) is 20.2. The van der Waals surface area contributed by atoms with E-state index in [-0.39, 0.29) is 31.1 Å². The van der Waals surface area contributed by atoms with Gasteiger partial charge < -0.3 is 14.7 Å². The molecule has 3 aromatic rings. The summed E-state index contributed by atoms with van der Waals surface area (Å²) < 4.78 is 19.5. The number of ether oxygens (including phenoxy) is 1. The lowest BCUT2D eigenvalue weighted by atomic mass is 9.91. The number of hydrogen-bond donors (Lipinski definition) is 1. The minimum absolute atomic E-state index is 0.126. The Morgan fingerprint density at radius 2 is 1.69 bits per heavy atom. The van der Waals surface area contributed by atoms with Gasteiger partial charge in [0.2, 0.25) is 5.91 Å². The lowest BCUT2D eigenvalue weighted by Crippen LogP contribution is -2.33. The zero-order chi connectivity index (χ0) is 25.0. The fourth-order valence-electron chi connectivity index (χ4n) is 4.44. The molecule has 5 nitrogen and oxygen atoms in total. The molecule has 0 saturated heterocycles. The van der Waals surface area contributed by atoms with Gasteiger partial charge in [-0.3, -0.25) is 9.59 Å². The molecule has 0 fully saturated rings. The Hall–Kier alpha value is -3.38. The maximum absolute atomic E-state index is 13.2. The molecule has 182 valence electrons. The van der Waals surface area contributed by atoms with Crippen LogP contribution in [0.4, 0.5) is 4.39 Å². The lowest BCUT2D eigenvalue weighted by molar-refractivity contribution is -0.138. The molecular weight excluding hydrogens is 469 g/mol. The molecule has 0 unspecified atom stereocenters. The van der Waals surface area contributed by atoms with Crippen LogP contribution in [0.5, 0.6) is 5.75 Å². The van der Waals surface area contributed by atoms with Crippen LogP contribution < -0.4 is 4.74 Å². The van der Waals surface area contributed by atoms with Gasteiger partial charge in [-0.25, -0.2) is 4.39 Å². The number of halogens is 2. The number of rotatable bonds is 9. The van der Waals surface area contributed by atoms with Crippen molar-refractivity contribution >= 4 is 23.5 Å². The first-order valence-electron chi connectivity index (χ1n) is 11.5. The SMILES string of the molecule is C[C@@]1(Cc2ccc(F)cc2)Cc2cc(CC(=O)N(CCC(=O)O)Cc3ccc(Cl)cc3)ccc2O1. The molecule has 0 aromatic heterocycles. The second-order valence-corrected chi connectivity index (χ2v) is 9.67. The van der Waals surface area contributed by atoms with Gasteiger partial charge in [-0.2, -0.15) is 0 Å². The predicted octanol–water partition coefficient (Wildman–Crippen LogP) is 5.46. The summed E-state index contributed by atoms with van der Waals surface area (Å²) >= 11 is 5.96. The van der Waals surface area contributed by atoms with Crippen molar-refractivity contribution in [1.29, 1.82) is 0 Å². The second-order valence-electron chi connectivity index (χ2n) is 9.24. The molecule has 3 aromatic carbocycles. The van der Waals surface area contributed by atoms with Crippen LogP contribution in [0.2, 0.25) is 5.02 Å². The Kier molecular flexibility index (Phi) is 7.41. The summed E-state index contributed by atoms with van der Waals surface area (Å²) in [4.78, 5) is 25.8. The summed E-state index contributed by atoms with van der Waals surface area (Å²) in [6, 6.07) is 19.3. The molecule has 0 radical (unpaired) electrons. The summed E-state index contributed by atoms with van der Waals surface area (Å²) in [6.07, 6.45) is 1.35. The van der Waals surface area contributed by atoms with Crippen LogP contribution in [0.3, 0.4) is 0 Å². The van der Waals surface area contributed by atoms with Gasteiger partial charge in [0.1, 0.15) is 17.2 Å². The molecule has 7 heteroatoms. The van der Waals surface area contributed by atoms with E-state index in [9.17, 15) is 14.0 Å². The maximum atomic E-state index is 13.2. The molecule has 0 bridgehead atoms. The van der Waals surface area contributed by atoms with Crippen molar-refractivity contribution in [3.63, 3.8) is 0 Å². The number of carboxylic acids is 1. The van der Waals surface area contributed by atoms with Crippen LogP contribution in [0, 0.1) is 5.82 Å². The Morgan fingerprint density at radius 3 is 2.37 bits per heavy atom. The highest BCUT2D eigenvalue weighted by Crippen LogP contribution is 2.37. The van der Waals surface area contributed by atoms with E-state index in [0.717, 1.165) is 28.0 Å². The number of carboxylic acid groups (broad SMARTS) is 1. The van der Waals surface area contributed by atoms with Crippen molar-refractivity contribution < 1.29 is 23.8 Å². The molecule has 0 spiro atoms. The van der Waals surface area contributed by atoms with Crippen molar-refractivity contribution in [1.82, 2.24) is 4.90 Å². The number of carbonyl (C=O) groups is 2. The Bertz CT molecular complexity index is 1210. The van der Waals surface area contributed by atoms with E-state index < -0.39 is 11.6 Å². The van der Waals surface area contributed by atoms with Crippen molar-refractivity contribution in [3.8, 4) is 5.75 Å². The first kappa shape index (κ1) is 24.7. The highest BCUT2D eigenvalue weighted by Gasteiger charge is 2.35. The Labute approximate surface area is 209 Å². The molecule has 35 heavy (non-hydrogen) atoms. The third-order valence-electron chi connectivity index (χ3n) is 6.13. The molecule has 1 aliphatic rings. The van der Waals surface area contributed by atoms with Gasteiger partial charge >= 0.3 is 5.97 Å². The summed E-state index contributed by atoms with van der Waals surface area (Å²) in [5.74, 6) is -0.574. The van der Waals surface area contributed by atoms with Crippen LogP contribution in [0.1, 0.15) is 35.6 Å². The topological polar surface area (TPSA) is 66.8 Å². The van der Waals surface area contributed by atoms with E-state index in [4.69, 9.17) is 21.4 Å². The summed E-state index contributed by atoms with van der Waals surface area (Å²) in [5.41, 5.74) is 3.29. The predicted molar refractivity (Wildman–Crippen MR) is 132 cm³/mol. The van der Waals surface area contributed by atoms with Crippen LogP contribution in [0.25, 0.3) is 0 Å². The molecule has 4 rings (SSSR count). The number of fused-ring (bicyclic) bond motifs is 1. The average Bonchev–Trinajstić information content (AvgIpc) is 3.14. The molecular formula is C28H27ClFNO4. The van der Waals surface area contributed by atoms with E-state index >= 15 is 0 Å². The number of aliphatic carboxylic acids is 1. The lowest BCUT2D eigenvalue weighted by Gasteiger charge is -2.24. The molecule has 1 heterocycles. The fourth-order valence-corrected chi connectivity index (χ4v) is 4.56. The highest BCUT2D eigenvalue weighted by atomic mass is 35.5. The van der Waals surface area contributed by atoms with Gasteiger partial charge in [0.05, 0.1) is 12.8 Å². The monoisotopic (exact) mass is 495 g/mol. The molecule has 1 amide bonds. The van der Waals surface area contributed by atoms with Gasteiger partial charge in [0.25, 0.3) is 0 Å². The minimum atomic E-state index is -0.950. The van der Waals surface area contributed by atoms with E-state index in [0.29, 0.717) is 24.4 Å². The van der Waals surface area contributed by atoms with Crippen molar-refractivity contribution in [2.45, 2.75) is 44.8 Å². The van der Waals surface area contributed by atoms with Crippen LogP contribution >= 0.6 is 11.6 Å². The maximum Gasteiger partial charge on any atom is 0.305 e. The van der Waals surface area contributed by atoms with Crippen molar-refractivity contribution in [2.24, 2.45) is 0 Å². The van der Waals surface area contributed by atoms with E-state index in [1.54, 1.807) is 29.2 Å². The van der Waals surface area contributed by atoms with Gasteiger partial charge in [-0.05, 0) is 59.5 Å². The third kappa shape index (κ3) is 6.61. The molecule has 1 N–H and O–H groups in total. The number of hydrogen-bond acceptors (Lipinski definition) is 3. The highest BCUT2D eigenvalue weighted by molar-refractivity contribution is 6.30. The minimum Gasteiger partial charge on any atom is -0.487 e. The van der Waals surface area contributed by atoms with E-state index in [2.05, 4.69) is 0 Å². The van der Waals surface area contributed by atoms with Gasteiger partial charge in [-0.15, -0.1) is 0 Å².